The van der Waals surface area contributed by atoms with Crippen molar-refractivity contribution in [1.29, 1.82) is 0 Å². The first-order chi connectivity index (χ1) is 14.8. The minimum absolute atomic E-state index is 0.0795. The number of guanidine groups is 1. The Labute approximate surface area is 181 Å². The maximum atomic E-state index is 12.8. The van der Waals surface area contributed by atoms with Crippen LogP contribution in [0.3, 0.4) is 0 Å². The second-order valence-electron chi connectivity index (χ2n) is 8.42. The summed E-state index contributed by atoms with van der Waals surface area (Å²) in [6.07, 6.45) is 5.00. The smallest absolute Gasteiger partial charge is 0.387 e. The Hall–Kier alpha value is -2.26. The molecule has 1 atom stereocenters. The summed E-state index contributed by atoms with van der Waals surface area (Å²) in [5, 5.41) is 0. The van der Waals surface area contributed by atoms with Crippen LogP contribution in [0.1, 0.15) is 43.7 Å². The lowest BCUT2D eigenvalue weighted by Gasteiger charge is -2.46. The molecule has 1 saturated carbocycles. The summed E-state index contributed by atoms with van der Waals surface area (Å²) in [5.74, 6) is 0.166. The van der Waals surface area contributed by atoms with Crippen molar-refractivity contribution in [2.45, 2.75) is 57.3 Å². The third-order valence-corrected chi connectivity index (χ3v) is 6.91. The van der Waals surface area contributed by atoms with Crippen LogP contribution < -0.4 is 10.5 Å². The Morgan fingerprint density at radius 2 is 2.06 bits per heavy atom. The number of carbonyl (C=O) groups is 1. The minimum Gasteiger partial charge on any atom is -0.435 e. The average molecular weight is 440 g/mol. The number of hydrogen-bond donors (Lipinski definition) is 1. The SMILES string of the molecule is COCCN(C=O)C(N)=NC1(C)c2cc(OC(F)F)ccc2CC12CCC(OC)CC2. The van der Waals surface area contributed by atoms with Crippen molar-refractivity contribution in [3.8, 4) is 5.75 Å². The number of hydrogen-bond acceptors (Lipinski definition) is 5. The molecule has 1 aromatic rings. The molecular weight excluding hydrogens is 408 g/mol. The fourth-order valence-electron chi connectivity index (χ4n) is 5.09. The molecule has 2 aliphatic rings. The van der Waals surface area contributed by atoms with E-state index in [-0.39, 0.29) is 29.8 Å². The molecule has 1 fully saturated rings. The van der Waals surface area contributed by atoms with Gasteiger partial charge in [0.05, 0.1) is 24.8 Å². The van der Waals surface area contributed by atoms with Gasteiger partial charge in [0.1, 0.15) is 5.75 Å². The molecule has 1 unspecified atom stereocenters. The summed E-state index contributed by atoms with van der Waals surface area (Å²) in [7, 11) is 3.26. The number of aliphatic imine (C=N–C) groups is 1. The number of methoxy groups -OCH3 is 2. The van der Waals surface area contributed by atoms with E-state index in [0.717, 1.165) is 43.2 Å². The van der Waals surface area contributed by atoms with Gasteiger partial charge in [0.25, 0.3) is 0 Å². The largest absolute Gasteiger partial charge is 0.435 e. The first-order valence-corrected chi connectivity index (χ1v) is 10.5. The summed E-state index contributed by atoms with van der Waals surface area (Å²) >= 11 is 0. The third-order valence-electron chi connectivity index (χ3n) is 6.91. The molecule has 7 nitrogen and oxygen atoms in total. The number of benzene rings is 1. The monoisotopic (exact) mass is 439 g/mol. The molecule has 9 heteroatoms. The minimum atomic E-state index is -2.91. The van der Waals surface area contributed by atoms with Crippen LogP contribution in [0.2, 0.25) is 0 Å². The van der Waals surface area contributed by atoms with E-state index in [1.54, 1.807) is 26.4 Å². The lowest BCUT2D eigenvalue weighted by Crippen LogP contribution is -2.47. The number of halogens is 2. The normalized spacial score (nSPS) is 28.1. The lowest BCUT2D eigenvalue weighted by molar-refractivity contribution is -0.115. The number of amides is 1. The molecule has 1 aromatic carbocycles. The molecule has 0 radical (unpaired) electrons. The highest BCUT2D eigenvalue weighted by Gasteiger charge is 2.56. The molecule has 2 aliphatic carbocycles. The lowest BCUT2D eigenvalue weighted by atomic mass is 9.62. The first kappa shape index (κ1) is 23.4. The van der Waals surface area contributed by atoms with Crippen LogP contribution in [0.5, 0.6) is 5.75 Å². The van der Waals surface area contributed by atoms with Crippen molar-refractivity contribution in [3.63, 3.8) is 0 Å². The highest BCUT2D eigenvalue weighted by atomic mass is 19.3. The molecule has 1 amide bonds. The van der Waals surface area contributed by atoms with E-state index in [4.69, 9.17) is 20.2 Å². The Kier molecular flexibility index (Phi) is 7.16. The predicted molar refractivity (Wildman–Crippen MR) is 112 cm³/mol. The predicted octanol–water partition coefficient (Wildman–Crippen LogP) is 3.05. The van der Waals surface area contributed by atoms with Crippen molar-refractivity contribution in [2.24, 2.45) is 16.1 Å². The van der Waals surface area contributed by atoms with Crippen LogP contribution >= 0.6 is 0 Å². The van der Waals surface area contributed by atoms with Crippen molar-refractivity contribution in [1.82, 2.24) is 4.90 Å². The fourth-order valence-corrected chi connectivity index (χ4v) is 5.09. The fraction of sp³-hybridized carbons (Fsp3) is 0.636. The highest BCUT2D eigenvalue weighted by molar-refractivity contribution is 5.88. The van der Waals surface area contributed by atoms with E-state index in [9.17, 15) is 13.6 Å². The summed E-state index contributed by atoms with van der Waals surface area (Å²) in [5.41, 5.74) is 7.05. The number of fused-ring (bicyclic) bond motifs is 1. The molecular formula is C22H31F2N3O4. The van der Waals surface area contributed by atoms with Gasteiger partial charge in [-0.05, 0) is 62.3 Å². The molecule has 0 aromatic heterocycles. The standard InChI is InChI=1S/C22H31F2N3O4/c1-21(26-20(25)27(14-28)10-11-29-2)18-12-17(31-19(23)24)5-4-15(18)13-22(21)8-6-16(30-3)7-9-22/h4-5,12,14,16,19H,6-11,13H2,1-3H3,(H2,25,26). The van der Waals surface area contributed by atoms with Gasteiger partial charge in [-0.3, -0.25) is 9.69 Å². The maximum absolute atomic E-state index is 12.8. The molecule has 0 heterocycles. The Balaban J connectivity index is 2.05. The number of nitrogens with two attached hydrogens (primary N) is 1. The van der Waals surface area contributed by atoms with Crippen LogP contribution in [0.25, 0.3) is 0 Å². The average Bonchev–Trinajstić information content (AvgIpc) is 2.96. The molecule has 172 valence electrons. The van der Waals surface area contributed by atoms with Gasteiger partial charge in [-0.1, -0.05) is 6.07 Å². The number of alkyl halides is 2. The van der Waals surface area contributed by atoms with Gasteiger partial charge in [-0.25, -0.2) is 4.99 Å². The first-order valence-electron chi connectivity index (χ1n) is 10.5. The van der Waals surface area contributed by atoms with Crippen molar-refractivity contribution >= 4 is 12.4 Å². The van der Waals surface area contributed by atoms with Crippen LogP contribution in [0, 0.1) is 5.41 Å². The number of nitrogens with zero attached hydrogens (tertiary/aromatic N) is 2. The zero-order chi connectivity index (χ0) is 22.6. The van der Waals surface area contributed by atoms with Gasteiger partial charge < -0.3 is 19.9 Å². The summed E-state index contributed by atoms with van der Waals surface area (Å²) in [6, 6.07) is 5.03. The van der Waals surface area contributed by atoms with Gasteiger partial charge in [0.2, 0.25) is 6.41 Å². The van der Waals surface area contributed by atoms with Crippen molar-refractivity contribution < 1.29 is 27.8 Å². The summed E-state index contributed by atoms with van der Waals surface area (Å²) in [6.45, 7) is -0.351. The Bertz CT molecular complexity index is 812. The second kappa shape index (κ2) is 9.48. The molecule has 31 heavy (non-hydrogen) atoms. The summed E-state index contributed by atoms with van der Waals surface area (Å²) in [4.78, 5) is 17.8. The van der Waals surface area contributed by atoms with Crippen molar-refractivity contribution in [3.05, 3.63) is 29.3 Å². The van der Waals surface area contributed by atoms with Crippen LogP contribution in [0.4, 0.5) is 8.78 Å². The second-order valence-corrected chi connectivity index (χ2v) is 8.42. The molecule has 2 N–H and O–H groups in total. The zero-order valence-corrected chi connectivity index (χ0v) is 18.3. The van der Waals surface area contributed by atoms with Crippen molar-refractivity contribution in [2.75, 3.05) is 27.4 Å². The quantitative estimate of drug-likeness (QED) is 0.382. The maximum Gasteiger partial charge on any atom is 0.387 e. The Morgan fingerprint density at radius 3 is 2.65 bits per heavy atom. The summed E-state index contributed by atoms with van der Waals surface area (Å²) < 4.78 is 40.9. The van der Waals surface area contributed by atoms with E-state index in [1.807, 2.05) is 13.0 Å². The molecule has 3 rings (SSSR count). The Morgan fingerprint density at radius 1 is 1.35 bits per heavy atom. The molecule has 0 saturated heterocycles. The van der Waals surface area contributed by atoms with Gasteiger partial charge in [-0.15, -0.1) is 0 Å². The molecule has 0 bridgehead atoms. The number of carbonyl (C=O) groups excluding carboxylic acids is 1. The van der Waals surface area contributed by atoms with E-state index < -0.39 is 12.2 Å². The zero-order valence-electron chi connectivity index (χ0n) is 18.3. The van der Waals surface area contributed by atoms with Gasteiger partial charge in [-0.2, -0.15) is 8.78 Å². The molecule has 0 aliphatic heterocycles. The van der Waals surface area contributed by atoms with E-state index >= 15 is 0 Å². The third kappa shape index (κ3) is 4.52. The topological polar surface area (TPSA) is 86.4 Å². The van der Waals surface area contributed by atoms with Crippen LogP contribution in [0.15, 0.2) is 23.2 Å². The molecule has 1 spiro atoms. The van der Waals surface area contributed by atoms with E-state index in [2.05, 4.69) is 4.74 Å². The highest BCUT2D eigenvalue weighted by Crippen LogP contribution is 2.60. The van der Waals surface area contributed by atoms with E-state index in [0.29, 0.717) is 13.0 Å². The van der Waals surface area contributed by atoms with Gasteiger partial charge in [0, 0.05) is 19.6 Å². The number of ether oxygens (including phenoxy) is 3. The van der Waals surface area contributed by atoms with Crippen LogP contribution in [-0.4, -0.2) is 57.4 Å². The van der Waals surface area contributed by atoms with Gasteiger partial charge >= 0.3 is 6.61 Å². The van der Waals surface area contributed by atoms with E-state index in [1.165, 1.54) is 4.90 Å². The number of rotatable bonds is 8. The van der Waals surface area contributed by atoms with Gasteiger partial charge in [0.15, 0.2) is 5.96 Å². The van der Waals surface area contributed by atoms with Crippen LogP contribution in [-0.2, 0) is 26.2 Å².